The van der Waals surface area contributed by atoms with E-state index < -0.39 is 35.9 Å². The summed E-state index contributed by atoms with van der Waals surface area (Å²) < 4.78 is 68.0. The van der Waals surface area contributed by atoms with Gasteiger partial charge in [-0.2, -0.15) is 0 Å². The number of carbonyl (C=O) groups excluding carboxylic acids is 5. The molecule has 0 aliphatic heterocycles. The zero-order valence-corrected chi connectivity index (χ0v) is 59.1. The van der Waals surface area contributed by atoms with Gasteiger partial charge in [0.15, 0.2) is 12.4 Å². The van der Waals surface area contributed by atoms with Gasteiger partial charge in [0.05, 0.1) is 170 Å². The minimum absolute atomic E-state index is 0.0138. The highest BCUT2D eigenvalue weighted by Crippen LogP contribution is 2.27. The molecule has 1 aromatic heterocycles. The second-order valence-corrected chi connectivity index (χ2v) is 28.6. The summed E-state index contributed by atoms with van der Waals surface area (Å²) in [6, 6.07) is 5.11. The third kappa shape index (κ3) is 50.3. The minimum Gasteiger partial charge on any atom is -0.445 e. The molecule has 29 heteroatoms. The van der Waals surface area contributed by atoms with Gasteiger partial charge in [0.25, 0.3) is 5.91 Å². The van der Waals surface area contributed by atoms with Crippen LogP contribution in [0.3, 0.4) is 0 Å². The number of oxime groups is 1. The molecule has 0 saturated carbocycles. The van der Waals surface area contributed by atoms with Gasteiger partial charge in [0, 0.05) is 52.2 Å². The van der Waals surface area contributed by atoms with Crippen LogP contribution in [-0.4, -0.2) is 236 Å². The van der Waals surface area contributed by atoms with Gasteiger partial charge in [-0.15, -0.1) is 28.6 Å². The third-order valence-corrected chi connectivity index (χ3v) is 15.4. The molecule has 0 unspecified atom stereocenters. The Morgan fingerprint density at radius 1 is 0.613 bits per heavy atom. The maximum atomic E-state index is 13.8. The number of alkyl carbamates (subject to hydrolysis) is 1. The van der Waals surface area contributed by atoms with E-state index >= 15 is 0 Å². The lowest BCUT2D eigenvalue weighted by Gasteiger charge is -2.24. The SMILES string of the molecule is CC(C)[C@H](NC(=O)CON=C(CSC(C)(C)C)CSC(C)(C)C)C(=O)C[C@@H](CCCNC(N)=O)C(=O)Nc1ccc(COC(=O)NCc2cn(CCOCCOCCOCCOCCOCCOCCOCCOCCOCCOCCOCCC(C)(C)C)nn2)cc1. The van der Waals surface area contributed by atoms with Crippen molar-refractivity contribution in [2.75, 3.05) is 175 Å². The number of hydrogen-bond donors (Lipinski definition) is 5. The molecule has 0 fully saturated rings. The van der Waals surface area contributed by atoms with Crippen molar-refractivity contribution in [2.24, 2.45) is 28.1 Å². The monoisotopic (exact) mass is 1360 g/mol. The molecular weight excluding hydrogens is 1250 g/mol. The first kappa shape index (κ1) is 84.3. The summed E-state index contributed by atoms with van der Waals surface area (Å²) in [5.74, 6) is -1.08. The molecule has 1 heterocycles. The van der Waals surface area contributed by atoms with E-state index in [1.54, 1.807) is 58.7 Å². The van der Waals surface area contributed by atoms with Crippen LogP contribution in [0.25, 0.3) is 0 Å². The summed E-state index contributed by atoms with van der Waals surface area (Å²) in [5, 5.41) is 23.3. The molecule has 534 valence electrons. The normalized spacial score (nSPS) is 12.6. The third-order valence-electron chi connectivity index (χ3n) is 12.7. The van der Waals surface area contributed by atoms with Gasteiger partial charge in [-0.1, -0.05) is 98.7 Å². The molecule has 0 saturated heterocycles. The number of rotatable bonds is 57. The molecule has 0 radical (unpaired) electrons. The number of Topliss-reactive ketones (excluding diaryl/α,β-unsaturated/α-hetero) is 1. The lowest BCUT2D eigenvalue weighted by molar-refractivity contribution is -0.133. The van der Waals surface area contributed by atoms with E-state index in [0.717, 1.165) is 18.7 Å². The second-order valence-electron chi connectivity index (χ2n) is 25.0. The van der Waals surface area contributed by atoms with Crippen molar-refractivity contribution >= 4 is 64.6 Å². The van der Waals surface area contributed by atoms with Gasteiger partial charge in [0.1, 0.15) is 12.3 Å². The quantitative estimate of drug-likeness (QED) is 0.0256. The van der Waals surface area contributed by atoms with Crippen molar-refractivity contribution in [2.45, 2.75) is 137 Å². The van der Waals surface area contributed by atoms with Gasteiger partial charge < -0.3 is 88.7 Å². The van der Waals surface area contributed by atoms with E-state index in [2.05, 4.69) is 99.0 Å². The van der Waals surface area contributed by atoms with E-state index in [-0.39, 0.29) is 65.8 Å². The zero-order chi connectivity index (χ0) is 68.4. The molecule has 5 amide bonds. The molecule has 1 aromatic carbocycles. The van der Waals surface area contributed by atoms with Crippen molar-refractivity contribution in [3.05, 3.63) is 41.7 Å². The number of carbonyl (C=O) groups is 5. The molecule has 27 nitrogen and oxygen atoms in total. The standard InChI is InChI=1S/C64H113N9O18S2/c1-50(2)58(69-57(75)47-91-71-55(48-92-63(6,7)8)49-93-64(9,10)11)56(74)43-52(13-12-19-66-60(65)77)59(76)68-53-16-14-51(15-17-53)46-90-61(78)67-44-54-45-73(72-70-54)20-22-80-24-26-82-28-30-84-32-34-86-36-38-88-40-42-89-41-39-87-37-35-85-33-31-83-29-27-81-25-23-79-21-18-62(3,4)5/h14-17,45,50,52,58H,12-13,18-44,46-49H2,1-11H3,(H,67,78)(H,68,76)(H,69,75)(H3,65,66,77)/t52-,58+/m1/s1. The average molecular weight is 1360 g/mol. The number of hydrogen-bond acceptors (Lipinski definition) is 23. The summed E-state index contributed by atoms with van der Waals surface area (Å²) >= 11 is 3.47. The largest absolute Gasteiger partial charge is 0.445 e. The topological polar surface area (TPSA) is 323 Å². The average Bonchev–Trinajstić information content (AvgIpc) is 1.47. The number of nitrogens with one attached hydrogen (secondary N) is 4. The number of ether oxygens (including phenoxy) is 12. The van der Waals surface area contributed by atoms with Crippen LogP contribution in [0.4, 0.5) is 15.3 Å². The number of primary amides is 1. The number of benzene rings is 1. The van der Waals surface area contributed by atoms with Crippen molar-refractivity contribution in [1.29, 1.82) is 0 Å². The molecule has 0 aliphatic carbocycles. The highest BCUT2D eigenvalue weighted by atomic mass is 32.2. The smallest absolute Gasteiger partial charge is 0.407 e. The van der Waals surface area contributed by atoms with Crippen LogP contribution in [-0.2, 0) is 95.8 Å². The fourth-order valence-electron chi connectivity index (χ4n) is 7.62. The van der Waals surface area contributed by atoms with Crippen LogP contribution >= 0.6 is 23.5 Å². The number of thioether (sulfide) groups is 2. The van der Waals surface area contributed by atoms with Crippen molar-refractivity contribution in [3.8, 4) is 0 Å². The van der Waals surface area contributed by atoms with Crippen LogP contribution in [0, 0.1) is 17.3 Å². The predicted molar refractivity (Wildman–Crippen MR) is 360 cm³/mol. The Labute approximate surface area is 561 Å². The maximum Gasteiger partial charge on any atom is 0.407 e. The number of nitrogens with zero attached hydrogens (tertiary/aromatic N) is 4. The molecule has 0 bridgehead atoms. The van der Waals surface area contributed by atoms with Gasteiger partial charge in [-0.05, 0) is 48.3 Å². The first-order chi connectivity index (χ1) is 44.4. The summed E-state index contributed by atoms with van der Waals surface area (Å²) in [6.45, 7) is 34.0. The van der Waals surface area contributed by atoms with Crippen LogP contribution in [0.1, 0.15) is 113 Å². The van der Waals surface area contributed by atoms with Crippen LogP contribution < -0.4 is 27.0 Å². The summed E-state index contributed by atoms with van der Waals surface area (Å²) in [5.41, 5.74) is 7.98. The van der Waals surface area contributed by atoms with Crippen molar-refractivity contribution in [3.63, 3.8) is 0 Å². The van der Waals surface area contributed by atoms with E-state index in [9.17, 15) is 24.0 Å². The van der Waals surface area contributed by atoms with Crippen molar-refractivity contribution in [1.82, 2.24) is 30.9 Å². The second kappa shape index (κ2) is 51.5. The van der Waals surface area contributed by atoms with Crippen LogP contribution in [0.15, 0.2) is 35.6 Å². The highest BCUT2D eigenvalue weighted by molar-refractivity contribution is 8.02. The molecule has 2 rings (SSSR count). The Hall–Kier alpha value is -4.76. The Kier molecular flexibility index (Phi) is 46.7. The van der Waals surface area contributed by atoms with E-state index in [4.69, 9.17) is 67.4 Å². The number of nitrogens with two attached hydrogens (primary N) is 1. The zero-order valence-electron chi connectivity index (χ0n) is 57.5. The Balaban J connectivity index is 1.53. The Bertz CT molecular complexity index is 2300. The number of amides is 5. The van der Waals surface area contributed by atoms with Gasteiger partial charge >= 0.3 is 12.1 Å². The van der Waals surface area contributed by atoms with Crippen LogP contribution in [0.2, 0.25) is 0 Å². The molecule has 6 N–H and O–H groups in total. The van der Waals surface area contributed by atoms with E-state index in [1.165, 1.54) is 0 Å². The molecular formula is C64H113N9O18S2. The fourth-order valence-corrected chi connectivity index (χ4v) is 9.26. The van der Waals surface area contributed by atoms with Gasteiger partial charge in [0.2, 0.25) is 5.91 Å². The molecule has 2 atom stereocenters. The summed E-state index contributed by atoms with van der Waals surface area (Å²) in [6.07, 6.45) is 2.50. The van der Waals surface area contributed by atoms with Gasteiger partial charge in [-0.3, -0.25) is 14.4 Å². The number of urea groups is 1. The maximum absolute atomic E-state index is 13.8. The van der Waals surface area contributed by atoms with Crippen molar-refractivity contribution < 1.29 is 85.7 Å². The van der Waals surface area contributed by atoms with E-state index in [1.807, 2.05) is 13.8 Å². The lowest BCUT2D eigenvalue weighted by atomic mass is 9.89. The summed E-state index contributed by atoms with van der Waals surface area (Å²) in [7, 11) is 0. The lowest BCUT2D eigenvalue weighted by Crippen LogP contribution is -2.46. The molecule has 0 spiro atoms. The summed E-state index contributed by atoms with van der Waals surface area (Å²) in [4.78, 5) is 70.1. The van der Waals surface area contributed by atoms with Gasteiger partial charge in [-0.25, -0.2) is 14.3 Å². The first-order valence-electron chi connectivity index (χ1n) is 32.2. The predicted octanol–water partition coefficient (Wildman–Crippen LogP) is 6.86. The Morgan fingerprint density at radius 2 is 1.06 bits per heavy atom. The number of ketones is 1. The fraction of sp³-hybridized carbons (Fsp3) is 0.781. The van der Waals surface area contributed by atoms with E-state index in [0.29, 0.717) is 180 Å². The van der Waals surface area contributed by atoms with Crippen LogP contribution in [0.5, 0.6) is 0 Å². The molecule has 2 aromatic rings. The minimum atomic E-state index is -0.898. The molecule has 0 aliphatic rings. The number of aromatic nitrogens is 3. The molecule has 93 heavy (non-hydrogen) atoms. The highest BCUT2D eigenvalue weighted by Gasteiger charge is 2.30. The Morgan fingerprint density at radius 3 is 1.49 bits per heavy atom. The number of anilines is 1. The first-order valence-corrected chi connectivity index (χ1v) is 34.2.